The Morgan fingerprint density at radius 1 is 1.83 bits per heavy atom. The number of hydrogen-bond acceptors (Lipinski definition) is 2. The van der Waals surface area contributed by atoms with Gasteiger partial charge in [0.1, 0.15) is 0 Å². The van der Waals surface area contributed by atoms with E-state index in [9.17, 15) is 0 Å². The van der Waals surface area contributed by atoms with Gasteiger partial charge in [-0.3, -0.25) is 0 Å². The monoisotopic (exact) mass is 82.1 g/mol. The van der Waals surface area contributed by atoms with Crippen LogP contribution in [0.4, 0.5) is 0 Å². The molecule has 0 aliphatic carbocycles. The SMILES string of the molecule is [CH]CCNC#N. The summed E-state index contributed by atoms with van der Waals surface area (Å²) < 4.78 is 0. The van der Waals surface area contributed by atoms with Crippen molar-refractivity contribution in [3.8, 4) is 6.19 Å². The molecular formula is C4H6N2. The quantitative estimate of drug-likeness (QED) is 0.292. The minimum absolute atomic E-state index is 0.521. The number of nitrogens with zero attached hydrogens (tertiary/aromatic N) is 1. The molecule has 0 aromatic heterocycles. The van der Waals surface area contributed by atoms with E-state index in [4.69, 9.17) is 12.2 Å². The van der Waals surface area contributed by atoms with E-state index in [1.807, 2.05) is 0 Å². The summed E-state index contributed by atoms with van der Waals surface area (Å²) in [7, 11) is 0. The topological polar surface area (TPSA) is 35.8 Å². The number of nitrogens with one attached hydrogen (secondary N) is 1. The predicted octanol–water partition coefficient (Wildman–Crippen LogP) is 0.158. The summed E-state index contributed by atoms with van der Waals surface area (Å²) in [4.78, 5) is 0. The zero-order valence-electron chi connectivity index (χ0n) is 3.44. The highest BCUT2D eigenvalue weighted by atomic mass is 14.8. The van der Waals surface area contributed by atoms with Crippen LogP contribution < -0.4 is 5.32 Å². The number of nitriles is 1. The molecule has 32 valence electrons. The molecule has 2 heteroatoms. The van der Waals surface area contributed by atoms with Crippen molar-refractivity contribution in [3.63, 3.8) is 0 Å². The van der Waals surface area contributed by atoms with Gasteiger partial charge in [-0.25, -0.2) is 0 Å². The van der Waals surface area contributed by atoms with Crippen LogP contribution in [-0.2, 0) is 0 Å². The Morgan fingerprint density at radius 2 is 2.50 bits per heavy atom. The lowest BCUT2D eigenvalue weighted by Crippen LogP contribution is -2.04. The van der Waals surface area contributed by atoms with E-state index in [0.717, 1.165) is 0 Å². The van der Waals surface area contributed by atoms with E-state index < -0.39 is 0 Å². The normalized spacial score (nSPS) is 6.67. The van der Waals surface area contributed by atoms with Gasteiger partial charge in [-0.2, -0.15) is 5.26 Å². The summed E-state index contributed by atoms with van der Waals surface area (Å²) >= 11 is 0. The molecule has 0 unspecified atom stereocenters. The molecule has 0 saturated heterocycles. The van der Waals surface area contributed by atoms with Crippen LogP contribution in [0.15, 0.2) is 0 Å². The fourth-order valence-corrected chi connectivity index (χ4v) is 0.128. The molecule has 0 aromatic carbocycles. The van der Waals surface area contributed by atoms with Gasteiger partial charge in [0.05, 0.1) is 0 Å². The smallest absolute Gasteiger partial charge is 0.176 e. The van der Waals surface area contributed by atoms with E-state index in [1.54, 1.807) is 6.19 Å². The van der Waals surface area contributed by atoms with Gasteiger partial charge in [0.2, 0.25) is 0 Å². The van der Waals surface area contributed by atoms with Crippen LogP contribution in [0, 0.1) is 18.4 Å². The summed E-state index contributed by atoms with van der Waals surface area (Å²) in [5, 5.41) is 10.2. The van der Waals surface area contributed by atoms with Crippen LogP contribution >= 0.6 is 0 Å². The largest absolute Gasteiger partial charge is 0.324 e. The lowest BCUT2D eigenvalue weighted by atomic mass is 10.5. The second-order valence-electron chi connectivity index (χ2n) is 0.827. The van der Waals surface area contributed by atoms with E-state index in [2.05, 4.69) is 5.32 Å². The molecular weight excluding hydrogens is 76.1 g/mol. The molecule has 6 heavy (non-hydrogen) atoms. The van der Waals surface area contributed by atoms with Crippen LogP contribution in [0.2, 0.25) is 0 Å². The minimum Gasteiger partial charge on any atom is -0.324 e. The summed E-state index contributed by atoms with van der Waals surface area (Å²) in [5.74, 6) is 0. The minimum atomic E-state index is 0.521. The second kappa shape index (κ2) is 4.29. The van der Waals surface area contributed by atoms with Crippen molar-refractivity contribution in [1.29, 1.82) is 5.26 Å². The molecule has 0 fully saturated rings. The van der Waals surface area contributed by atoms with Crippen molar-refractivity contribution in [2.24, 2.45) is 0 Å². The van der Waals surface area contributed by atoms with Crippen LogP contribution in [-0.4, -0.2) is 6.54 Å². The Bertz CT molecular complexity index is 53.1. The van der Waals surface area contributed by atoms with Crippen LogP contribution in [0.1, 0.15) is 6.42 Å². The summed E-state index contributed by atoms with van der Waals surface area (Å²) in [5.41, 5.74) is 0. The van der Waals surface area contributed by atoms with Crippen molar-refractivity contribution in [2.45, 2.75) is 6.42 Å². The molecule has 0 aromatic rings. The third kappa shape index (κ3) is 3.29. The molecule has 0 rings (SSSR count). The Balaban J connectivity index is 2.54. The third-order valence-corrected chi connectivity index (χ3v) is 0.348. The van der Waals surface area contributed by atoms with Gasteiger partial charge >= 0.3 is 0 Å². The van der Waals surface area contributed by atoms with E-state index in [1.165, 1.54) is 0 Å². The van der Waals surface area contributed by atoms with Gasteiger partial charge < -0.3 is 5.32 Å². The number of rotatable bonds is 2. The average molecular weight is 82.1 g/mol. The Hall–Kier alpha value is -0.710. The molecule has 0 heterocycles. The Labute approximate surface area is 37.8 Å². The van der Waals surface area contributed by atoms with Crippen LogP contribution in [0.25, 0.3) is 0 Å². The average Bonchev–Trinajstić information content (AvgIpc) is 1.61. The van der Waals surface area contributed by atoms with Gasteiger partial charge in [-0.05, 0) is 13.3 Å². The van der Waals surface area contributed by atoms with E-state index in [0.29, 0.717) is 13.0 Å². The first kappa shape index (κ1) is 5.29. The van der Waals surface area contributed by atoms with Crippen molar-refractivity contribution in [1.82, 2.24) is 5.32 Å². The highest BCUT2D eigenvalue weighted by Gasteiger charge is 1.69. The second-order valence-corrected chi connectivity index (χ2v) is 0.827. The number of hydrogen-bond donors (Lipinski definition) is 1. The van der Waals surface area contributed by atoms with Crippen LogP contribution in [0.3, 0.4) is 0 Å². The standard InChI is InChI=1S/C4H6N2/c1-2-3-6-4-5/h1,6H,2-3H2. The molecule has 0 atom stereocenters. The maximum atomic E-state index is 7.78. The molecule has 0 spiro atoms. The Morgan fingerprint density at radius 3 is 2.67 bits per heavy atom. The highest BCUT2D eigenvalue weighted by molar-refractivity contribution is 4.63. The predicted molar refractivity (Wildman–Crippen MR) is 22.5 cm³/mol. The molecule has 0 saturated carbocycles. The molecule has 0 aliphatic heterocycles. The Kier molecular flexibility index (Phi) is 3.78. The van der Waals surface area contributed by atoms with E-state index in [-0.39, 0.29) is 0 Å². The molecule has 2 radical (unpaired) electrons. The van der Waals surface area contributed by atoms with Gasteiger partial charge in [-0.1, -0.05) is 0 Å². The fraction of sp³-hybridized carbons (Fsp3) is 0.500. The summed E-state index contributed by atoms with van der Waals surface area (Å²) in [6.07, 6.45) is 2.26. The summed E-state index contributed by atoms with van der Waals surface area (Å²) in [6, 6.07) is 0. The zero-order chi connectivity index (χ0) is 4.83. The van der Waals surface area contributed by atoms with Gasteiger partial charge in [0, 0.05) is 6.54 Å². The summed E-state index contributed by atoms with van der Waals surface area (Å²) in [6.45, 7) is 5.58. The van der Waals surface area contributed by atoms with Gasteiger partial charge in [-0.15, -0.1) is 0 Å². The van der Waals surface area contributed by atoms with Crippen molar-refractivity contribution >= 4 is 0 Å². The third-order valence-electron chi connectivity index (χ3n) is 0.348. The molecule has 0 amide bonds. The van der Waals surface area contributed by atoms with Crippen LogP contribution in [0.5, 0.6) is 0 Å². The zero-order valence-corrected chi connectivity index (χ0v) is 3.44. The maximum absolute atomic E-state index is 7.78. The van der Waals surface area contributed by atoms with Crippen molar-refractivity contribution in [3.05, 3.63) is 6.92 Å². The first-order valence-electron chi connectivity index (χ1n) is 1.74. The molecule has 2 nitrogen and oxygen atoms in total. The van der Waals surface area contributed by atoms with Gasteiger partial charge in [0.25, 0.3) is 0 Å². The lowest BCUT2D eigenvalue weighted by Gasteiger charge is -1.83. The molecule has 0 aliphatic rings. The van der Waals surface area contributed by atoms with Crippen molar-refractivity contribution in [2.75, 3.05) is 6.54 Å². The first-order valence-corrected chi connectivity index (χ1v) is 1.74. The van der Waals surface area contributed by atoms with Gasteiger partial charge in [0.15, 0.2) is 6.19 Å². The first-order chi connectivity index (χ1) is 2.91. The van der Waals surface area contributed by atoms with E-state index >= 15 is 0 Å². The maximum Gasteiger partial charge on any atom is 0.176 e. The highest BCUT2D eigenvalue weighted by Crippen LogP contribution is 1.62. The fourth-order valence-electron chi connectivity index (χ4n) is 0.128. The molecule has 0 bridgehead atoms. The van der Waals surface area contributed by atoms with Crippen molar-refractivity contribution < 1.29 is 0 Å². The lowest BCUT2D eigenvalue weighted by molar-refractivity contribution is 0.863. The molecule has 1 N–H and O–H groups in total.